The lowest BCUT2D eigenvalue weighted by atomic mass is 10.0. The molecule has 0 saturated carbocycles. The number of nitrogens with one attached hydrogen (secondary N) is 1. The summed E-state index contributed by atoms with van der Waals surface area (Å²) in [6.45, 7) is 1.85. The predicted octanol–water partition coefficient (Wildman–Crippen LogP) is 3.31. The van der Waals surface area contributed by atoms with Crippen LogP contribution in [0.25, 0.3) is 10.9 Å². The number of halogens is 3. The highest BCUT2D eigenvalue weighted by Crippen LogP contribution is 2.29. The van der Waals surface area contributed by atoms with Crippen molar-refractivity contribution in [3.8, 4) is 0 Å². The maximum absolute atomic E-state index is 12.7. The van der Waals surface area contributed by atoms with Gasteiger partial charge in [0.25, 0.3) is 5.91 Å². The number of hydrogen-bond donors (Lipinski definition) is 1. The molecule has 6 heteroatoms. The quantitative estimate of drug-likeness (QED) is 0.918. The van der Waals surface area contributed by atoms with Crippen LogP contribution in [0.3, 0.4) is 0 Å². The van der Waals surface area contributed by atoms with Crippen LogP contribution in [-0.2, 0) is 0 Å². The fourth-order valence-corrected chi connectivity index (χ4v) is 1.64. The summed E-state index contributed by atoms with van der Waals surface area (Å²) in [5.41, 5.74) is -1.43. The molecule has 0 radical (unpaired) electrons. The predicted molar refractivity (Wildman–Crippen MR) is 69.3 cm³/mol. The normalized spacial score (nSPS) is 12.4. The minimum atomic E-state index is -4.51. The topological polar surface area (TPSA) is 42.0 Å². The van der Waals surface area contributed by atoms with Crippen molar-refractivity contribution in [2.45, 2.75) is 25.6 Å². The molecule has 0 aliphatic carbocycles. The smallest absolute Gasteiger partial charge is 0.338 e. The fraction of sp³-hybridized carbons (Fsp3) is 0.286. The zero-order valence-electron chi connectivity index (χ0n) is 11.0. The van der Waals surface area contributed by atoms with E-state index in [4.69, 9.17) is 0 Å². The van der Waals surface area contributed by atoms with Gasteiger partial charge in [0.05, 0.1) is 5.52 Å². The molecule has 2 aromatic rings. The molecular formula is C14H13F3N2O. The van der Waals surface area contributed by atoms with Crippen LogP contribution in [0, 0.1) is 0 Å². The molecule has 0 bridgehead atoms. The molecule has 0 fully saturated rings. The van der Waals surface area contributed by atoms with Gasteiger partial charge in [-0.25, -0.2) is 0 Å². The van der Waals surface area contributed by atoms with Crippen LogP contribution in [0.2, 0.25) is 0 Å². The van der Waals surface area contributed by atoms with Crippen molar-refractivity contribution in [1.82, 2.24) is 10.3 Å². The standard InChI is InChI=1S/C14H13F3N2O/c1-13(2,14(15,16)17)19-12(20)10-5-6-11-9(8-10)4-3-7-18-11/h3-8H,1-2H3,(H,19,20). The lowest BCUT2D eigenvalue weighted by molar-refractivity contribution is -0.182. The number of alkyl halides is 3. The molecule has 1 aromatic carbocycles. The second-order valence-electron chi connectivity index (χ2n) is 4.99. The molecule has 1 aromatic heterocycles. The largest absolute Gasteiger partial charge is 0.410 e. The second-order valence-corrected chi connectivity index (χ2v) is 4.99. The van der Waals surface area contributed by atoms with Crippen molar-refractivity contribution >= 4 is 16.8 Å². The first-order chi connectivity index (χ1) is 9.21. The Balaban J connectivity index is 2.28. The molecule has 0 aliphatic heterocycles. The van der Waals surface area contributed by atoms with Gasteiger partial charge in [-0.2, -0.15) is 13.2 Å². The van der Waals surface area contributed by atoms with Crippen molar-refractivity contribution in [2.24, 2.45) is 0 Å². The Hall–Kier alpha value is -2.11. The Morgan fingerprint density at radius 3 is 2.55 bits per heavy atom. The number of carbonyl (C=O) groups excluding carboxylic acids is 1. The van der Waals surface area contributed by atoms with Crippen LogP contribution in [0.1, 0.15) is 24.2 Å². The molecule has 1 amide bonds. The van der Waals surface area contributed by atoms with E-state index in [0.717, 1.165) is 13.8 Å². The Morgan fingerprint density at radius 2 is 1.90 bits per heavy atom. The molecule has 0 aliphatic rings. The number of pyridine rings is 1. The zero-order valence-corrected chi connectivity index (χ0v) is 11.0. The summed E-state index contributed by atoms with van der Waals surface area (Å²) in [6.07, 6.45) is -2.91. The first-order valence-corrected chi connectivity index (χ1v) is 5.95. The SMILES string of the molecule is CC(C)(NC(=O)c1ccc2ncccc2c1)C(F)(F)F. The van der Waals surface area contributed by atoms with E-state index >= 15 is 0 Å². The molecule has 0 atom stereocenters. The van der Waals surface area contributed by atoms with Crippen LogP contribution in [0.5, 0.6) is 0 Å². The highest BCUT2D eigenvalue weighted by atomic mass is 19.4. The molecule has 0 saturated heterocycles. The molecule has 3 nitrogen and oxygen atoms in total. The third-order valence-electron chi connectivity index (χ3n) is 3.00. The molecular weight excluding hydrogens is 269 g/mol. The maximum atomic E-state index is 12.7. The molecule has 0 spiro atoms. The van der Waals surface area contributed by atoms with Crippen LogP contribution in [0.4, 0.5) is 13.2 Å². The van der Waals surface area contributed by atoms with E-state index in [-0.39, 0.29) is 5.56 Å². The number of rotatable bonds is 2. The summed E-state index contributed by atoms with van der Waals surface area (Å²) in [5, 5.41) is 2.69. The van der Waals surface area contributed by atoms with Gasteiger partial charge in [0, 0.05) is 17.1 Å². The number of aromatic nitrogens is 1. The Morgan fingerprint density at radius 1 is 1.20 bits per heavy atom. The van der Waals surface area contributed by atoms with Crippen LogP contribution < -0.4 is 5.32 Å². The molecule has 106 valence electrons. The van der Waals surface area contributed by atoms with Gasteiger partial charge in [-0.05, 0) is 38.1 Å². The van der Waals surface area contributed by atoms with Crippen molar-refractivity contribution in [3.05, 3.63) is 42.1 Å². The average Bonchev–Trinajstić information content (AvgIpc) is 2.36. The lowest BCUT2D eigenvalue weighted by Crippen LogP contribution is -2.54. The van der Waals surface area contributed by atoms with Gasteiger partial charge in [-0.3, -0.25) is 9.78 Å². The third-order valence-corrected chi connectivity index (χ3v) is 3.00. The summed E-state index contributed by atoms with van der Waals surface area (Å²) in [5.74, 6) is -0.766. The maximum Gasteiger partial charge on any atom is 0.410 e. The minimum Gasteiger partial charge on any atom is -0.338 e. The van der Waals surface area contributed by atoms with Gasteiger partial charge >= 0.3 is 6.18 Å². The van der Waals surface area contributed by atoms with Gasteiger partial charge < -0.3 is 5.32 Å². The summed E-state index contributed by atoms with van der Waals surface area (Å²) in [7, 11) is 0. The average molecular weight is 282 g/mol. The summed E-state index contributed by atoms with van der Waals surface area (Å²) in [4.78, 5) is 16.0. The fourth-order valence-electron chi connectivity index (χ4n) is 1.64. The summed E-state index contributed by atoms with van der Waals surface area (Å²) >= 11 is 0. The van der Waals surface area contributed by atoms with Gasteiger partial charge in [-0.1, -0.05) is 6.07 Å². The highest BCUT2D eigenvalue weighted by molar-refractivity contribution is 5.98. The second kappa shape index (κ2) is 4.77. The molecule has 1 N–H and O–H groups in total. The van der Waals surface area contributed by atoms with Crippen molar-refractivity contribution < 1.29 is 18.0 Å². The van der Waals surface area contributed by atoms with E-state index in [1.165, 1.54) is 12.1 Å². The first-order valence-electron chi connectivity index (χ1n) is 5.95. The monoisotopic (exact) mass is 282 g/mol. The molecule has 0 unspecified atom stereocenters. The van der Waals surface area contributed by atoms with Gasteiger partial charge in [0.15, 0.2) is 0 Å². The molecule has 20 heavy (non-hydrogen) atoms. The van der Waals surface area contributed by atoms with Crippen LogP contribution in [-0.4, -0.2) is 22.6 Å². The van der Waals surface area contributed by atoms with E-state index in [9.17, 15) is 18.0 Å². The Labute approximate surface area is 113 Å². The summed E-state index contributed by atoms with van der Waals surface area (Å²) < 4.78 is 38.2. The van der Waals surface area contributed by atoms with E-state index in [2.05, 4.69) is 4.98 Å². The van der Waals surface area contributed by atoms with Crippen molar-refractivity contribution in [3.63, 3.8) is 0 Å². The van der Waals surface area contributed by atoms with E-state index in [1.807, 2.05) is 5.32 Å². The molecule has 2 rings (SSSR count). The Kier molecular flexibility index (Phi) is 3.41. The van der Waals surface area contributed by atoms with Crippen molar-refractivity contribution in [2.75, 3.05) is 0 Å². The minimum absolute atomic E-state index is 0.169. The van der Waals surface area contributed by atoms with Crippen molar-refractivity contribution in [1.29, 1.82) is 0 Å². The molecule has 1 heterocycles. The van der Waals surface area contributed by atoms with Crippen LogP contribution in [0.15, 0.2) is 36.5 Å². The van der Waals surface area contributed by atoms with Gasteiger partial charge in [0.1, 0.15) is 5.54 Å². The first kappa shape index (κ1) is 14.3. The van der Waals surface area contributed by atoms with E-state index in [0.29, 0.717) is 10.9 Å². The van der Waals surface area contributed by atoms with E-state index < -0.39 is 17.6 Å². The number of benzene rings is 1. The third kappa shape index (κ3) is 2.74. The number of amides is 1. The Bertz CT molecular complexity index is 650. The van der Waals surface area contributed by atoms with Gasteiger partial charge in [0.2, 0.25) is 0 Å². The number of carbonyl (C=O) groups is 1. The van der Waals surface area contributed by atoms with Gasteiger partial charge in [-0.15, -0.1) is 0 Å². The van der Waals surface area contributed by atoms with Crippen LogP contribution >= 0.6 is 0 Å². The highest BCUT2D eigenvalue weighted by Gasteiger charge is 2.48. The number of fused-ring (bicyclic) bond motifs is 1. The number of nitrogens with zero attached hydrogens (tertiary/aromatic N) is 1. The number of hydrogen-bond acceptors (Lipinski definition) is 2. The summed E-state index contributed by atoms with van der Waals surface area (Å²) in [6, 6.07) is 8.02. The zero-order chi connectivity index (χ0) is 15.0. The van der Waals surface area contributed by atoms with E-state index in [1.54, 1.807) is 24.4 Å². The lowest BCUT2D eigenvalue weighted by Gasteiger charge is -2.28.